The summed E-state index contributed by atoms with van der Waals surface area (Å²) in [6, 6.07) is 5.97. The summed E-state index contributed by atoms with van der Waals surface area (Å²) in [5.41, 5.74) is 2.08. The third kappa shape index (κ3) is 1.93. The van der Waals surface area contributed by atoms with Gasteiger partial charge in [-0.2, -0.15) is 0 Å². The van der Waals surface area contributed by atoms with E-state index < -0.39 is 11.1 Å². The molecule has 14 heavy (non-hydrogen) atoms. The van der Waals surface area contributed by atoms with Gasteiger partial charge in [0.15, 0.2) is 0 Å². The Labute approximate surface area is 88.4 Å². The summed E-state index contributed by atoms with van der Waals surface area (Å²) in [6.45, 7) is 2.03. The fourth-order valence-corrected chi connectivity index (χ4v) is 2.60. The number of fused-ring (bicyclic) bond motifs is 1. The van der Waals surface area contributed by atoms with Crippen LogP contribution >= 0.6 is 11.3 Å². The maximum Gasteiger partial charge on any atom is 0.289 e. The van der Waals surface area contributed by atoms with E-state index >= 15 is 0 Å². The number of aromatic nitrogens is 1. The second-order valence-corrected chi connectivity index (χ2v) is 4.90. The molecule has 0 spiro atoms. The van der Waals surface area contributed by atoms with Gasteiger partial charge in [0.05, 0.1) is 10.2 Å². The highest BCUT2D eigenvalue weighted by Crippen LogP contribution is 2.28. The third-order valence-electron chi connectivity index (χ3n) is 1.71. The molecule has 1 aromatic heterocycles. The third-order valence-corrected chi connectivity index (χ3v) is 3.11. The number of nitrogens with zero attached hydrogens (tertiary/aromatic N) is 1. The highest BCUT2D eigenvalue weighted by molar-refractivity contribution is 7.79. The van der Waals surface area contributed by atoms with Crippen molar-refractivity contribution in [2.24, 2.45) is 0 Å². The first-order valence-electron chi connectivity index (χ1n) is 4.04. The van der Waals surface area contributed by atoms with Gasteiger partial charge in [0, 0.05) is 6.26 Å². The van der Waals surface area contributed by atoms with Gasteiger partial charge in [-0.05, 0) is 24.6 Å². The first-order chi connectivity index (χ1) is 6.65. The lowest BCUT2D eigenvalue weighted by atomic mass is 10.2. The van der Waals surface area contributed by atoms with Crippen LogP contribution < -0.4 is 4.18 Å². The molecule has 0 N–H and O–H groups in total. The molecule has 0 aliphatic carbocycles. The van der Waals surface area contributed by atoms with Gasteiger partial charge in [0.1, 0.15) is 0 Å². The molecule has 3 nitrogen and oxygen atoms in total. The van der Waals surface area contributed by atoms with Crippen molar-refractivity contribution in [2.45, 2.75) is 6.92 Å². The van der Waals surface area contributed by atoms with Crippen molar-refractivity contribution in [2.75, 3.05) is 6.26 Å². The van der Waals surface area contributed by atoms with E-state index in [2.05, 4.69) is 4.98 Å². The summed E-state index contributed by atoms with van der Waals surface area (Å²) in [7, 11) is 0. The molecule has 0 saturated heterocycles. The van der Waals surface area contributed by atoms with E-state index in [-0.39, 0.29) is 0 Å². The molecule has 0 bridgehead atoms. The first kappa shape index (κ1) is 9.61. The average molecular weight is 227 g/mol. The Bertz CT molecular complexity index is 493. The maximum atomic E-state index is 10.8. The van der Waals surface area contributed by atoms with Gasteiger partial charge >= 0.3 is 0 Å². The smallest absolute Gasteiger partial charge is 0.289 e. The Morgan fingerprint density at radius 2 is 2.29 bits per heavy atom. The Hall–Kier alpha value is -0.940. The quantitative estimate of drug-likeness (QED) is 0.790. The Balaban J connectivity index is 2.46. The Morgan fingerprint density at radius 1 is 1.50 bits per heavy atom. The fourth-order valence-electron chi connectivity index (χ4n) is 1.15. The van der Waals surface area contributed by atoms with Crippen molar-refractivity contribution in [3.8, 4) is 5.19 Å². The second-order valence-electron chi connectivity index (χ2n) is 2.94. The summed E-state index contributed by atoms with van der Waals surface area (Å²) in [5.74, 6) is 0. The molecule has 0 aliphatic heterocycles. The van der Waals surface area contributed by atoms with E-state index in [4.69, 9.17) is 4.18 Å². The molecule has 1 heterocycles. The molecule has 2 aromatic rings. The molecule has 0 aliphatic rings. The molecule has 0 saturated carbocycles. The van der Waals surface area contributed by atoms with Gasteiger partial charge < -0.3 is 4.18 Å². The molecule has 0 fully saturated rings. The Kier molecular flexibility index (Phi) is 2.52. The van der Waals surface area contributed by atoms with Crippen LogP contribution in [0.3, 0.4) is 0 Å². The summed E-state index contributed by atoms with van der Waals surface area (Å²) >= 11 is 0.113. The molecule has 5 heteroatoms. The Morgan fingerprint density at radius 3 is 3.00 bits per heavy atom. The number of hydrogen-bond acceptors (Lipinski definition) is 4. The van der Waals surface area contributed by atoms with Crippen molar-refractivity contribution in [3.63, 3.8) is 0 Å². The molecule has 2 rings (SSSR count). The van der Waals surface area contributed by atoms with Gasteiger partial charge in [0.25, 0.3) is 5.19 Å². The molecule has 1 aromatic carbocycles. The first-order valence-corrected chi connectivity index (χ1v) is 6.34. The predicted octanol–water partition coefficient (Wildman–Crippen LogP) is 2.28. The highest BCUT2D eigenvalue weighted by Gasteiger charge is 2.05. The van der Waals surface area contributed by atoms with Gasteiger partial charge in [-0.3, -0.25) is 0 Å². The molecule has 74 valence electrons. The minimum absolute atomic E-state index is 0.464. The molecule has 0 radical (unpaired) electrons. The normalized spacial score (nSPS) is 13.0. The van der Waals surface area contributed by atoms with Gasteiger partial charge in [-0.15, -0.1) is 0 Å². The van der Waals surface area contributed by atoms with Crippen LogP contribution in [-0.2, 0) is 11.1 Å². The highest BCUT2D eigenvalue weighted by atomic mass is 32.2. The van der Waals surface area contributed by atoms with E-state index in [9.17, 15) is 4.21 Å². The van der Waals surface area contributed by atoms with Crippen molar-refractivity contribution < 1.29 is 8.39 Å². The monoisotopic (exact) mass is 227 g/mol. The van der Waals surface area contributed by atoms with E-state index in [0.29, 0.717) is 5.19 Å². The van der Waals surface area contributed by atoms with Gasteiger partial charge in [-0.25, -0.2) is 9.19 Å². The lowest BCUT2D eigenvalue weighted by molar-refractivity contribution is 0.565. The lowest BCUT2D eigenvalue weighted by Crippen LogP contribution is -1.95. The summed E-state index contributed by atoms with van der Waals surface area (Å²) in [4.78, 5) is 4.20. The van der Waals surface area contributed by atoms with Crippen LogP contribution in [0.1, 0.15) is 5.56 Å². The van der Waals surface area contributed by atoms with Crippen LogP contribution in [0.4, 0.5) is 0 Å². The summed E-state index contributed by atoms with van der Waals surface area (Å²) < 4.78 is 16.9. The number of benzene rings is 1. The topological polar surface area (TPSA) is 39.2 Å². The average Bonchev–Trinajstić information content (AvgIpc) is 2.44. The molecule has 1 atom stereocenters. The van der Waals surface area contributed by atoms with Gasteiger partial charge in [-0.1, -0.05) is 17.4 Å². The minimum atomic E-state index is -1.30. The number of rotatable bonds is 2. The van der Waals surface area contributed by atoms with E-state index in [0.717, 1.165) is 10.2 Å². The molecular weight excluding hydrogens is 218 g/mol. The van der Waals surface area contributed by atoms with E-state index in [1.54, 1.807) is 0 Å². The van der Waals surface area contributed by atoms with Crippen LogP contribution in [0.5, 0.6) is 5.19 Å². The van der Waals surface area contributed by atoms with E-state index in [1.165, 1.54) is 23.2 Å². The standard InChI is InChI=1S/C9H9NO2S2/c1-6-3-4-7-8(5-6)13-9(10-7)12-14(2)11/h3-5H,1-2H3. The predicted molar refractivity (Wildman–Crippen MR) is 59.1 cm³/mol. The summed E-state index contributed by atoms with van der Waals surface area (Å²) in [5, 5.41) is 0.464. The van der Waals surface area contributed by atoms with Crippen molar-refractivity contribution in [1.82, 2.24) is 4.98 Å². The van der Waals surface area contributed by atoms with Crippen molar-refractivity contribution in [3.05, 3.63) is 23.8 Å². The number of thiazole rings is 1. The molecule has 0 amide bonds. The van der Waals surface area contributed by atoms with Crippen LogP contribution in [0, 0.1) is 6.92 Å². The summed E-state index contributed by atoms with van der Waals surface area (Å²) in [6.07, 6.45) is 1.48. The SMILES string of the molecule is Cc1ccc2nc(OS(C)=O)sc2c1. The fraction of sp³-hybridized carbons (Fsp3) is 0.222. The zero-order valence-electron chi connectivity index (χ0n) is 7.81. The minimum Gasteiger partial charge on any atom is -0.370 e. The number of hydrogen-bond donors (Lipinski definition) is 0. The number of aryl methyl sites for hydroxylation is 1. The largest absolute Gasteiger partial charge is 0.370 e. The van der Waals surface area contributed by atoms with Crippen molar-refractivity contribution in [1.29, 1.82) is 0 Å². The van der Waals surface area contributed by atoms with E-state index in [1.807, 2.05) is 25.1 Å². The zero-order chi connectivity index (χ0) is 10.1. The van der Waals surface area contributed by atoms with Crippen LogP contribution in [0.2, 0.25) is 0 Å². The molecular formula is C9H9NO2S2. The zero-order valence-corrected chi connectivity index (χ0v) is 9.45. The van der Waals surface area contributed by atoms with Crippen LogP contribution in [-0.4, -0.2) is 15.4 Å². The molecule has 1 unspecified atom stereocenters. The van der Waals surface area contributed by atoms with Crippen LogP contribution in [0.15, 0.2) is 18.2 Å². The lowest BCUT2D eigenvalue weighted by Gasteiger charge is -1.91. The van der Waals surface area contributed by atoms with Gasteiger partial charge in [0.2, 0.25) is 11.1 Å². The maximum absolute atomic E-state index is 10.8. The van der Waals surface area contributed by atoms with Crippen molar-refractivity contribution >= 4 is 32.6 Å². The second kappa shape index (κ2) is 3.67. The van der Waals surface area contributed by atoms with Crippen LogP contribution in [0.25, 0.3) is 10.2 Å².